The minimum Gasteiger partial charge on any atom is -0.366 e. The number of amides is 2. The molecule has 2 amide bonds. The number of nitrogens with zero attached hydrogens (tertiary/aromatic N) is 7. The van der Waals surface area contributed by atoms with Crippen molar-refractivity contribution in [1.82, 2.24) is 19.9 Å². The summed E-state index contributed by atoms with van der Waals surface area (Å²) in [5.74, 6) is 1.57. The molecule has 14 heteroatoms. The van der Waals surface area contributed by atoms with Gasteiger partial charge in [0, 0.05) is 50.8 Å². The molecule has 2 atom stereocenters. The summed E-state index contributed by atoms with van der Waals surface area (Å²) in [6.07, 6.45) is 9.17. The number of urea groups is 1. The number of anilines is 5. The van der Waals surface area contributed by atoms with Gasteiger partial charge in [-0.3, -0.25) is 14.9 Å². The number of rotatable bonds is 1. The van der Waals surface area contributed by atoms with E-state index < -0.39 is 0 Å². The molecule has 8 rings (SSSR count). The molecule has 2 N–H and O–H groups in total. The molecule has 0 unspecified atom stereocenters. The molecule has 4 bridgehead atoms. The normalized spacial score (nSPS) is 17.9. The van der Waals surface area contributed by atoms with E-state index >= 15 is 0 Å². The van der Waals surface area contributed by atoms with Crippen LogP contribution in [0.1, 0.15) is 12.8 Å². The summed E-state index contributed by atoms with van der Waals surface area (Å²) in [4.78, 5) is 51.7. The zero-order chi connectivity index (χ0) is 30.9. The molecule has 4 aliphatic heterocycles. The molecule has 4 aliphatic rings. The number of halogens is 2. The molecule has 2 saturated heterocycles. The van der Waals surface area contributed by atoms with Crippen LogP contribution in [0.2, 0.25) is 10.3 Å². The van der Waals surface area contributed by atoms with E-state index in [4.69, 9.17) is 32.8 Å². The predicted molar refractivity (Wildman–Crippen MR) is 168 cm³/mol. The molecule has 0 saturated carbocycles. The zero-order valence-electron chi connectivity index (χ0n) is 23.5. The van der Waals surface area contributed by atoms with Crippen LogP contribution in [-0.4, -0.2) is 70.4 Å². The minimum absolute atomic E-state index is 0.120. The Morgan fingerprint density at radius 2 is 1.52 bits per heavy atom. The second-order valence-corrected chi connectivity index (χ2v) is 10.9. The van der Waals surface area contributed by atoms with Gasteiger partial charge in [0.05, 0.1) is 29.3 Å². The number of fused-ring (bicyclic) bond motifs is 8. The summed E-state index contributed by atoms with van der Waals surface area (Å²) >= 11 is 11.8. The van der Waals surface area contributed by atoms with Crippen LogP contribution in [0.15, 0.2) is 79.4 Å². The maximum Gasteiger partial charge on any atom is 0.373 e. The first kappa shape index (κ1) is 30.7. The van der Waals surface area contributed by atoms with E-state index in [-0.39, 0.29) is 18.2 Å². The van der Waals surface area contributed by atoms with E-state index in [1.807, 2.05) is 42.5 Å². The summed E-state index contributed by atoms with van der Waals surface area (Å²) in [5.41, 5.74) is 2.81. The van der Waals surface area contributed by atoms with Crippen molar-refractivity contribution in [3.8, 4) is 0 Å². The summed E-state index contributed by atoms with van der Waals surface area (Å²) in [6, 6.07) is 17.4. The first-order valence-corrected chi connectivity index (χ1v) is 14.7. The molecular weight excluding hydrogens is 605 g/mol. The van der Waals surface area contributed by atoms with E-state index in [9.17, 15) is 4.79 Å². The SMILES string of the molecule is Clc1ccc2c(n1)N[C@@H]1CCN2C1.O=C(Nc1cccnc1)N1c2nc(Cl)ccc2N2CC[C@@H]1C2.O=C=O.c1ccncc1. The van der Waals surface area contributed by atoms with Crippen LogP contribution in [0, 0.1) is 0 Å². The van der Waals surface area contributed by atoms with E-state index in [0.717, 1.165) is 44.1 Å². The summed E-state index contributed by atoms with van der Waals surface area (Å²) < 4.78 is 0. The molecule has 2 fully saturated rings. The zero-order valence-corrected chi connectivity index (χ0v) is 25.0. The highest BCUT2D eigenvalue weighted by Crippen LogP contribution is 2.39. The fraction of sp³-hybridized carbons (Fsp3) is 0.267. The highest BCUT2D eigenvalue weighted by molar-refractivity contribution is 6.30. The highest BCUT2D eigenvalue weighted by atomic mass is 35.5. The summed E-state index contributed by atoms with van der Waals surface area (Å²) in [5, 5.41) is 7.22. The molecule has 0 radical (unpaired) electrons. The second-order valence-electron chi connectivity index (χ2n) is 10.1. The minimum atomic E-state index is -0.199. The number of nitrogens with one attached hydrogen (secondary N) is 2. The van der Waals surface area contributed by atoms with Crippen molar-refractivity contribution in [1.29, 1.82) is 0 Å². The Morgan fingerprint density at radius 1 is 0.841 bits per heavy atom. The molecule has 8 heterocycles. The van der Waals surface area contributed by atoms with Gasteiger partial charge in [-0.05, 0) is 61.4 Å². The van der Waals surface area contributed by atoms with Gasteiger partial charge in [-0.25, -0.2) is 14.8 Å². The Hall–Kier alpha value is -4.77. The lowest BCUT2D eigenvalue weighted by Gasteiger charge is -2.35. The van der Waals surface area contributed by atoms with Gasteiger partial charge in [-0.1, -0.05) is 29.3 Å². The van der Waals surface area contributed by atoms with Crippen LogP contribution in [-0.2, 0) is 9.59 Å². The van der Waals surface area contributed by atoms with Gasteiger partial charge in [-0.15, -0.1) is 0 Å². The lowest BCUT2D eigenvalue weighted by molar-refractivity contribution is -0.191. The molecular formula is C30H29Cl2N9O3. The number of pyridine rings is 4. The third kappa shape index (κ3) is 7.41. The fourth-order valence-corrected chi connectivity index (χ4v) is 5.75. The third-order valence-electron chi connectivity index (χ3n) is 7.33. The van der Waals surface area contributed by atoms with Gasteiger partial charge < -0.3 is 20.4 Å². The Bertz CT molecular complexity index is 1570. The lowest BCUT2D eigenvalue weighted by atomic mass is 10.2. The van der Waals surface area contributed by atoms with Crippen molar-refractivity contribution in [3.63, 3.8) is 0 Å². The van der Waals surface area contributed by atoms with Crippen LogP contribution >= 0.6 is 23.2 Å². The van der Waals surface area contributed by atoms with E-state index in [0.29, 0.717) is 27.9 Å². The molecule has 0 spiro atoms. The first-order valence-electron chi connectivity index (χ1n) is 13.9. The fourth-order valence-electron chi connectivity index (χ4n) is 5.46. The number of aromatic nitrogens is 4. The predicted octanol–water partition coefficient (Wildman–Crippen LogP) is 5.00. The van der Waals surface area contributed by atoms with Crippen molar-refractivity contribution < 1.29 is 14.4 Å². The maximum atomic E-state index is 12.7. The van der Waals surface area contributed by atoms with Crippen LogP contribution < -0.4 is 25.3 Å². The van der Waals surface area contributed by atoms with Crippen LogP contribution in [0.4, 0.5) is 33.5 Å². The van der Waals surface area contributed by atoms with E-state index in [1.54, 1.807) is 41.8 Å². The topological polar surface area (TPSA) is 137 Å². The third-order valence-corrected chi connectivity index (χ3v) is 7.75. The molecule has 4 aromatic heterocycles. The molecule has 12 nitrogen and oxygen atoms in total. The Labute approximate surface area is 264 Å². The number of hydrogen-bond acceptors (Lipinski definition) is 10. The monoisotopic (exact) mass is 633 g/mol. The van der Waals surface area contributed by atoms with Crippen molar-refractivity contribution >= 4 is 64.1 Å². The van der Waals surface area contributed by atoms with Gasteiger partial charge in [0.1, 0.15) is 10.3 Å². The number of hydrogen-bond donors (Lipinski definition) is 2. The Morgan fingerprint density at radius 3 is 2.20 bits per heavy atom. The molecule has 0 aromatic carbocycles. The molecule has 4 aromatic rings. The van der Waals surface area contributed by atoms with Crippen LogP contribution in [0.25, 0.3) is 0 Å². The van der Waals surface area contributed by atoms with Crippen molar-refractivity contribution in [2.45, 2.75) is 24.9 Å². The van der Waals surface area contributed by atoms with Crippen molar-refractivity contribution in [2.75, 3.05) is 51.5 Å². The van der Waals surface area contributed by atoms with Crippen molar-refractivity contribution in [2.24, 2.45) is 0 Å². The number of carbonyl (C=O) groups excluding carboxylic acids is 3. The summed E-state index contributed by atoms with van der Waals surface area (Å²) in [6.45, 7) is 4.00. The quantitative estimate of drug-likeness (QED) is 0.276. The number of carbonyl (C=O) groups is 1. The average Bonchev–Trinajstić information content (AvgIpc) is 3.64. The maximum absolute atomic E-state index is 12.7. The van der Waals surface area contributed by atoms with E-state index in [1.165, 1.54) is 12.1 Å². The molecule has 44 heavy (non-hydrogen) atoms. The smallest absolute Gasteiger partial charge is 0.366 e. The van der Waals surface area contributed by atoms with Gasteiger partial charge >= 0.3 is 12.2 Å². The second kappa shape index (κ2) is 14.6. The largest absolute Gasteiger partial charge is 0.373 e. The Balaban J connectivity index is 0.000000146. The van der Waals surface area contributed by atoms with Crippen molar-refractivity contribution in [3.05, 3.63) is 89.7 Å². The van der Waals surface area contributed by atoms with Gasteiger partial charge in [0.15, 0.2) is 11.6 Å². The Kier molecular flexibility index (Phi) is 10.2. The molecule has 226 valence electrons. The highest BCUT2D eigenvalue weighted by Gasteiger charge is 2.40. The van der Waals surface area contributed by atoms with Crippen LogP contribution in [0.3, 0.4) is 0 Å². The first-order chi connectivity index (χ1) is 21.5. The molecule has 0 aliphatic carbocycles. The summed E-state index contributed by atoms with van der Waals surface area (Å²) in [7, 11) is 0. The lowest BCUT2D eigenvalue weighted by Crippen LogP contribution is -2.48. The standard InChI is InChI=1S/C15H14ClN5O.C9H10ClN3.C5H5N.CO2/c16-13-4-3-12-14(19-13)21(11-5-7-20(12)9-11)15(22)18-10-2-1-6-17-8-10;10-8-2-1-7-9(12-8)11-6-3-4-13(7)5-6;1-2-4-6-5-3-1;2-1-3/h1-4,6,8,11H,5,7,9H2,(H,18,22);1-2,6H,3-5H2,(H,11,12);1-5H;/t11-;6-;;/m11../s1. The average molecular weight is 635 g/mol. The van der Waals surface area contributed by atoms with Gasteiger partial charge in [-0.2, -0.15) is 9.59 Å². The van der Waals surface area contributed by atoms with Gasteiger partial charge in [0.25, 0.3) is 0 Å². The van der Waals surface area contributed by atoms with E-state index in [2.05, 4.69) is 40.4 Å². The van der Waals surface area contributed by atoms with Gasteiger partial charge in [0.2, 0.25) is 0 Å². The van der Waals surface area contributed by atoms with Crippen LogP contribution in [0.5, 0.6) is 0 Å².